The van der Waals surface area contributed by atoms with Crippen molar-refractivity contribution in [1.82, 2.24) is 0 Å². The summed E-state index contributed by atoms with van der Waals surface area (Å²) in [6.45, 7) is 0. The van der Waals surface area contributed by atoms with Crippen molar-refractivity contribution in [2.24, 2.45) is 11.7 Å². The zero-order chi connectivity index (χ0) is 7.68. The molecule has 0 amide bonds. The summed E-state index contributed by atoms with van der Waals surface area (Å²) >= 11 is 0. The molecule has 2 N–H and O–H groups in total. The second kappa shape index (κ2) is 2.98. The van der Waals surface area contributed by atoms with Gasteiger partial charge in [0.2, 0.25) is 0 Å². The molecule has 2 aliphatic carbocycles. The monoisotopic (exact) mass is 151 g/mol. The molecular weight excluding hydrogens is 134 g/mol. The van der Waals surface area contributed by atoms with Crippen LogP contribution in [0.15, 0.2) is 11.6 Å². The summed E-state index contributed by atoms with van der Waals surface area (Å²) in [5, 5.41) is 0. The Kier molecular flexibility index (Phi) is 1.99. The van der Waals surface area contributed by atoms with E-state index in [1.54, 1.807) is 5.57 Å². The average Bonchev–Trinajstić information content (AvgIpc) is 1.80. The highest BCUT2D eigenvalue weighted by Crippen LogP contribution is 2.32. The minimum atomic E-state index is 0.489. The van der Waals surface area contributed by atoms with E-state index >= 15 is 0 Å². The molecule has 0 aromatic rings. The third-order valence-electron chi connectivity index (χ3n) is 3.01. The van der Waals surface area contributed by atoms with E-state index in [4.69, 9.17) is 5.73 Å². The first-order chi connectivity index (χ1) is 5.34. The molecule has 11 heavy (non-hydrogen) atoms. The lowest BCUT2D eigenvalue weighted by Crippen LogP contribution is -2.30. The summed E-state index contributed by atoms with van der Waals surface area (Å²) < 4.78 is 0. The van der Waals surface area contributed by atoms with Gasteiger partial charge in [0.1, 0.15) is 0 Å². The standard InChI is InChI=1S/C10H17N/c11-10-6-9(7-10)5-4-8-2-1-3-8/h5,8,10H,1-4,6-7,11H2. The van der Waals surface area contributed by atoms with E-state index < -0.39 is 0 Å². The van der Waals surface area contributed by atoms with Crippen LogP contribution in [0.25, 0.3) is 0 Å². The van der Waals surface area contributed by atoms with Gasteiger partial charge in [-0.3, -0.25) is 0 Å². The molecule has 0 aromatic heterocycles. The first-order valence-corrected chi connectivity index (χ1v) is 4.78. The largest absolute Gasteiger partial charge is 0.327 e. The van der Waals surface area contributed by atoms with Crippen LogP contribution < -0.4 is 5.73 Å². The fraction of sp³-hybridized carbons (Fsp3) is 0.800. The van der Waals surface area contributed by atoms with Gasteiger partial charge in [-0.2, -0.15) is 0 Å². The molecule has 0 atom stereocenters. The van der Waals surface area contributed by atoms with Crippen LogP contribution in [-0.4, -0.2) is 6.04 Å². The molecule has 62 valence electrons. The highest BCUT2D eigenvalue weighted by Gasteiger charge is 2.20. The van der Waals surface area contributed by atoms with E-state index in [-0.39, 0.29) is 0 Å². The lowest BCUT2D eigenvalue weighted by atomic mass is 9.80. The first-order valence-electron chi connectivity index (χ1n) is 4.78. The lowest BCUT2D eigenvalue weighted by Gasteiger charge is -2.28. The van der Waals surface area contributed by atoms with Crippen molar-refractivity contribution in [2.75, 3.05) is 0 Å². The van der Waals surface area contributed by atoms with Crippen LogP contribution in [0.4, 0.5) is 0 Å². The van der Waals surface area contributed by atoms with Crippen LogP contribution >= 0.6 is 0 Å². The van der Waals surface area contributed by atoms with Crippen LogP contribution in [0.2, 0.25) is 0 Å². The zero-order valence-electron chi connectivity index (χ0n) is 7.05. The van der Waals surface area contributed by atoms with Gasteiger partial charge < -0.3 is 5.73 Å². The molecule has 2 aliphatic rings. The van der Waals surface area contributed by atoms with Gasteiger partial charge in [-0.15, -0.1) is 0 Å². The molecule has 0 radical (unpaired) electrons. The number of allylic oxidation sites excluding steroid dienone is 1. The lowest BCUT2D eigenvalue weighted by molar-refractivity contribution is 0.317. The Labute approximate surface area is 68.7 Å². The number of rotatable bonds is 2. The van der Waals surface area contributed by atoms with E-state index in [1.165, 1.54) is 38.5 Å². The second-order valence-corrected chi connectivity index (χ2v) is 4.06. The van der Waals surface area contributed by atoms with Gasteiger partial charge in [0, 0.05) is 6.04 Å². The van der Waals surface area contributed by atoms with Crippen LogP contribution in [0.1, 0.15) is 38.5 Å². The summed E-state index contributed by atoms with van der Waals surface area (Å²) in [5.41, 5.74) is 7.30. The van der Waals surface area contributed by atoms with Crippen molar-refractivity contribution in [3.8, 4) is 0 Å². The molecule has 0 saturated heterocycles. The second-order valence-electron chi connectivity index (χ2n) is 4.06. The highest BCUT2D eigenvalue weighted by molar-refractivity contribution is 5.15. The predicted molar refractivity (Wildman–Crippen MR) is 47.3 cm³/mol. The Morgan fingerprint density at radius 2 is 2.09 bits per heavy atom. The molecule has 1 heteroatoms. The summed E-state index contributed by atoms with van der Waals surface area (Å²) in [7, 11) is 0. The number of hydrogen-bond donors (Lipinski definition) is 1. The molecule has 0 bridgehead atoms. The third-order valence-corrected chi connectivity index (χ3v) is 3.01. The summed E-state index contributed by atoms with van der Waals surface area (Å²) in [5.74, 6) is 1.03. The normalized spacial score (nSPS) is 31.0. The summed E-state index contributed by atoms with van der Waals surface area (Å²) in [6, 6.07) is 0.489. The maximum absolute atomic E-state index is 5.68. The van der Waals surface area contributed by atoms with Gasteiger partial charge in [-0.05, 0) is 25.2 Å². The molecule has 2 fully saturated rings. The van der Waals surface area contributed by atoms with Crippen molar-refractivity contribution in [3.05, 3.63) is 11.6 Å². The number of hydrogen-bond acceptors (Lipinski definition) is 1. The Morgan fingerprint density at radius 1 is 1.36 bits per heavy atom. The third kappa shape index (κ3) is 1.64. The van der Waals surface area contributed by atoms with Crippen molar-refractivity contribution in [1.29, 1.82) is 0 Å². The summed E-state index contributed by atoms with van der Waals surface area (Å²) in [6.07, 6.45) is 10.5. The molecule has 0 aromatic carbocycles. The Balaban J connectivity index is 1.68. The maximum atomic E-state index is 5.68. The van der Waals surface area contributed by atoms with Gasteiger partial charge in [-0.1, -0.05) is 30.9 Å². The molecular formula is C10H17N. The summed E-state index contributed by atoms with van der Waals surface area (Å²) in [4.78, 5) is 0. The van der Waals surface area contributed by atoms with Crippen molar-refractivity contribution < 1.29 is 0 Å². The van der Waals surface area contributed by atoms with Gasteiger partial charge in [0.15, 0.2) is 0 Å². The van der Waals surface area contributed by atoms with Crippen LogP contribution in [-0.2, 0) is 0 Å². The quantitative estimate of drug-likeness (QED) is 0.602. The van der Waals surface area contributed by atoms with E-state index in [0.29, 0.717) is 6.04 Å². The molecule has 2 rings (SSSR count). The molecule has 0 unspecified atom stereocenters. The van der Waals surface area contributed by atoms with Crippen LogP contribution in [0, 0.1) is 5.92 Å². The van der Waals surface area contributed by atoms with E-state index in [2.05, 4.69) is 6.08 Å². The Morgan fingerprint density at radius 3 is 2.55 bits per heavy atom. The smallest absolute Gasteiger partial charge is 0.0113 e. The van der Waals surface area contributed by atoms with Crippen LogP contribution in [0.5, 0.6) is 0 Å². The molecule has 0 aliphatic heterocycles. The first kappa shape index (κ1) is 7.35. The Bertz CT molecular complexity index is 160. The molecule has 2 saturated carbocycles. The van der Waals surface area contributed by atoms with Gasteiger partial charge in [0.25, 0.3) is 0 Å². The van der Waals surface area contributed by atoms with Gasteiger partial charge in [-0.25, -0.2) is 0 Å². The number of nitrogens with two attached hydrogens (primary N) is 1. The van der Waals surface area contributed by atoms with E-state index in [9.17, 15) is 0 Å². The Hall–Kier alpha value is -0.300. The average molecular weight is 151 g/mol. The van der Waals surface area contributed by atoms with Crippen molar-refractivity contribution in [2.45, 2.75) is 44.6 Å². The van der Waals surface area contributed by atoms with Crippen molar-refractivity contribution >= 4 is 0 Å². The molecule has 0 spiro atoms. The zero-order valence-corrected chi connectivity index (χ0v) is 7.05. The van der Waals surface area contributed by atoms with E-state index in [1.807, 2.05) is 0 Å². The molecule has 0 heterocycles. The van der Waals surface area contributed by atoms with E-state index in [0.717, 1.165) is 5.92 Å². The predicted octanol–water partition coefficient (Wildman–Crippen LogP) is 2.22. The fourth-order valence-electron chi connectivity index (χ4n) is 1.84. The highest BCUT2D eigenvalue weighted by atomic mass is 14.7. The topological polar surface area (TPSA) is 26.0 Å². The maximum Gasteiger partial charge on any atom is 0.0113 e. The van der Waals surface area contributed by atoms with Crippen LogP contribution in [0.3, 0.4) is 0 Å². The van der Waals surface area contributed by atoms with Gasteiger partial charge in [0.05, 0.1) is 0 Å². The van der Waals surface area contributed by atoms with Crippen molar-refractivity contribution in [3.63, 3.8) is 0 Å². The SMILES string of the molecule is NC1CC(=CCC2CCC2)C1. The minimum Gasteiger partial charge on any atom is -0.327 e. The van der Waals surface area contributed by atoms with Gasteiger partial charge >= 0.3 is 0 Å². The molecule has 1 nitrogen and oxygen atoms in total. The minimum absolute atomic E-state index is 0.489. The fourth-order valence-corrected chi connectivity index (χ4v) is 1.84.